The van der Waals surface area contributed by atoms with E-state index in [0.717, 1.165) is 0 Å². The van der Waals surface area contributed by atoms with Crippen molar-refractivity contribution in [2.45, 2.75) is 19.3 Å². The molecule has 0 spiro atoms. The van der Waals surface area contributed by atoms with Crippen molar-refractivity contribution in [2.75, 3.05) is 6.61 Å². The summed E-state index contributed by atoms with van der Waals surface area (Å²) in [6.45, 7) is 2.92. The van der Waals surface area contributed by atoms with E-state index < -0.39 is 16.3 Å². The van der Waals surface area contributed by atoms with Crippen LogP contribution >= 0.6 is 0 Å². The molecule has 1 unspecified atom stereocenters. The number of nitrogens with zero attached hydrogens (tertiary/aromatic N) is 3. The average Bonchev–Trinajstić information content (AvgIpc) is 2.38. The Morgan fingerprint density at radius 2 is 2.39 bits per heavy atom. The molecule has 18 heavy (non-hydrogen) atoms. The summed E-state index contributed by atoms with van der Waals surface area (Å²) < 4.78 is 4.76. The van der Waals surface area contributed by atoms with Gasteiger partial charge in [-0.1, -0.05) is 0 Å². The zero-order chi connectivity index (χ0) is 13.8. The van der Waals surface area contributed by atoms with E-state index in [1.54, 1.807) is 13.0 Å². The van der Waals surface area contributed by atoms with Gasteiger partial charge in [0.1, 0.15) is 5.69 Å². The summed E-state index contributed by atoms with van der Waals surface area (Å²) in [5.41, 5.74) is -2.38. The molecule has 1 aromatic heterocycles. The van der Waals surface area contributed by atoms with Crippen LogP contribution in [0, 0.1) is 21.4 Å². The van der Waals surface area contributed by atoms with Crippen LogP contribution in [0.1, 0.15) is 19.5 Å². The van der Waals surface area contributed by atoms with Gasteiger partial charge in [-0.3, -0.25) is 15.1 Å². The highest BCUT2D eigenvalue weighted by atomic mass is 16.6. The number of ether oxygens (including phenoxy) is 1. The Balaban J connectivity index is 3.38. The molecule has 7 heteroatoms. The number of nitriles is 1. The number of aromatic nitrogens is 1. The maximum atomic E-state index is 11.8. The fraction of sp³-hybridized carbons (Fsp3) is 0.364. The van der Waals surface area contributed by atoms with Gasteiger partial charge >= 0.3 is 5.97 Å². The Bertz CT molecular complexity index is 523. The molecule has 1 atom stereocenters. The number of nitro groups is 1. The van der Waals surface area contributed by atoms with E-state index >= 15 is 0 Å². The lowest BCUT2D eigenvalue weighted by atomic mass is 9.87. The number of hydrogen-bond donors (Lipinski definition) is 0. The predicted octanol–water partition coefficient (Wildman–Crippen LogP) is 1.33. The van der Waals surface area contributed by atoms with Gasteiger partial charge in [0.25, 0.3) is 5.69 Å². The minimum absolute atomic E-state index is 0.0801. The molecule has 7 nitrogen and oxygen atoms in total. The van der Waals surface area contributed by atoms with Crippen molar-refractivity contribution in [3.05, 3.63) is 34.1 Å². The topological polar surface area (TPSA) is 106 Å². The lowest BCUT2D eigenvalue weighted by Crippen LogP contribution is -2.34. The number of carbonyl (C=O) groups is 1. The molecule has 0 N–H and O–H groups in total. The summed E-state index contributed by atoms with van der Waals surface area (Å²) >= 11 is 0. The van der Waals surface area contributed by atoms with Crippen LogP contribution < -0.4 is 0 Å². The Morgan fingerprint density at radius 3 is 2.89 bits per heavy atom. The van der Waals surface area contributed by atoms with Crippen LogP contribution in [-0.2, 0) is 14.9 Å². The van der Waals surface area contributed by atoms with E-state index in [0.29, 0.717) is 0 Å². The van der Waals surface area contributed by atoms with Gasteiger partial charge in [0.15, 0.2) is 5.41 Å². The third-order valence-corrected chi connectivity index (χ3v) is 2.36. The Labute approximate surface area is 103 Å². The van der Waals surface area contributed by atoms with Crippen molar-refractivity contribution < 1.29 is 14.5 Å². The van der Waals surface area contributed by atoms with E-state index in [4.69, 9.17) is 10.00 Å². The molecule has 0 radical (unpaired) electrons. The molecule has 0 saturated carbocycles. The van der Waals surface area contributed by atoms with E-state index in [1.807, 2.05) is 0 Å². The van der Waals surface area contributed by atoms with Gasteiger partial charge in [0.2, 0.25) is 0 Å². The highest BCUT2D eigenvalue weighted by Gasteiger charge is 2.43. The zero-order valence-electron chi connectivity index (χ0n) is 9.91. The molecule has 0 aliphatic heterocycles. The lowest BCUT2D eigenvalue weighted by Gasteiger charge is -2.18. The van der Waals surface area contributed by atoms with Gasteiger partial charge in [0, 0.05) is 12.3 Å². The minimum Gasteiger partial charge on any atom is -0.465 e. The molecule has 1 rings (SSSR count). The highest BCUT2D eigenvalue weighted by molar-refractivity contribution is 5.86. The van der Waals surface area contributed by atoms with Gasteiger partial charge in [-0.25, -0.2) is 4.79 Å². The molecule has 0 amide bonds. The number of esters is 1. The number of hydrogen-bond acceptors (Lipinski definition) is 6. The summed E-state index contributed by atoms with van der Waals surface area (Å²) in [6, 6.07) is 4.29. The van der Waals surface area contributed by atoms with E-state index in [1.165, 1.54) is 25.3 Å². The van der Waals surface area contributed by atoms with Gasteiger partial charge in [-0.2, -0.15) is 5.26 Å². The summed E-state index contributed by atoms with van der Waals surface area (Å²) in [7, 11) is 0. The summed E-state index contributed by atoms with van der Waals surface area (Å²) in [5.74, 6) is -0.852. The second-order valence-electron chi connectivity index (χ2n) is 3.59. The first kappa shape index (κ1) is 13.6. The first-order valence-electron chi connectivity index (χ1n) is 5.15. The quantitative estimate of drug-likeness (QED) is 0.452. The van der Waals surface area contributed by atoms with Crippen molar-refractivity contribution in [3.63, 3.8) is 0 Å². The molecule has 0 saturated heterocycles. The molecule has 0 aromatic carbocycles. The largest absolute Gasteiger partial charge is 0.465 e. The normalized spacial score (nSPS) is 13.2. The third-order valence-electron chi connectivity index (χ3n) is 2.36. The molecule has 0 aliphatic carbocycles. The predicted molar refractivity (Wildman–Crippen MR) is 60.5 cm³/mol. The Morgan fingerprint density at radius 1 is 1.72 bits per heavy atom. The molecular weight excluding hydrogens is 238 g/mol. The molecule has 94 valence electrons. The van der Waals surface area contributed by atoms with Crippen molar-refractivity contribution in [2.24, 2.45) is 0 Å². The maximum absolute atomic E-state index is 11.8. The first-order chi connectivity index (χ1) is 8.47. The van der Waals surface area contributed by atoms with Gasteiger partial charge in [-0.05, 0) is 19.9 Å². The van der Waals surface area contributed by atoms with E-state index in [9.17, 15) is 14.9 Å². The third kappa shape index (κ3) is 2.27. The Hall–Kier alpha value is -2.49. The molecular formula is C11H11N3O4. The Kier molecular flexibility index (Phi) is 3.94. The number of rotatable bonds is 4. The molecule has 0 bridgehead atoms. The smallest absolute Gasteiger partial charge is 0.332 e. The monoisotopic (exact) mass is 249 g/mol. The SMILES string of the molecule is CCOC(=O)C(C)(C#N)c1ncccc1[N+](=O)[O-]. The van der Waals surface area contributed by atoms with Crippen LogP contribution in [0.4, 0.5) is 5.69 Å². The van der Waals surface area contributed by atoms with Crippen molar-refractivity contribution >= 4 is 11.7 Å². The van der Waals surface area contributed by atoms with Crippen LogP contribution in [0.2, 0.25) is 0 Å². The van der Waals surface area contributed by atoms with E-state index in [-0.39, 0.29) is 18.0 Å². The lowest BCUT2D eigenvalue weighted by molar-refractivity contribution is -0.386. The summed E-state index contributed by atoms with van der Waals surface area (Å²) in [4.78, 5) is 25.7. The van der Waals surface area contributed by atoms with Gasteiger partial charge in [-0.15, -0.1) is 0 Å². The van der Waals surface area contributed by atoms with Crippen molar-refractivity contribution in [1.82, 2.24) is 4.98 Å². The highest BCUT2D eigenvalue weighted by Crippen LogP contribution is 2.30. The fourth-order valence-corrected chi connectivity index (χ4v) is 1.40. The number of carbonyl (C=O) groups excluding carboxylic acids is 1. The molecule has 1 heterocycles. The maximum Gasteiger partial charge on any atom is 0.332 e. The second kappa shape index (κ2) is 5.23. The standard InChI is InChI=1S/C11H11N3O4/c1-3-18-10(15)11(2,7-12)9-8(14(16)17)5-4-6-13-9/h4-6H,3H2,1-2H3. The second-order valence-corrected chi connectivity index (χ2v) is 3.59. The minimum atomic E-state index is -1.79. The molecule has 1 aromatic rings. The molecule has 0 aliphatic rings. The number of pyridine rings is 1. The van der Waals surface area contributed by atoms with Crippen LogP contribution in [0.3, 0.4) is 0 Å². The average molecular weight is 249 g/mol. The fourth-order valence-electron chi connectivity index (χ4n) is 1.40. The van der Waals surface area contributed by atoms with Gasteiger partial charge < -0.3 is 4.74 Å². The summed E-state index contributed by atoms with van der Waals surface area (Å²) in [6.07, 6.45) is 1.29. The van der Waals surface area contributed by atoms with Crippen LogP contribution in [-0.4, -0.2) is 22.5 Å². The van der Waals surface area contributed by atoms with Crippen LogP contribution in [0.5, 0.6) is 0 Å². The van der Waals surface area contributed by atoms with Crippen LogP contribution in [0.15, 0.2) is 18.3 Å². The van der Waals surface area contributed by atoms with Crippen molar-refractivity contribution in [1.29, 1.82) is 5.26 Å². The zero-order valence-corrected chi connectivity index (χ0v) is 9.91. The van der Waals surface area contributed by atoms with Crippen molar-refractivity contribution in [3.8, 4) is 6.07 Å². The first-order valence-corrected chi connectivity index (χ1v) is 5.15. The van der Waals surface area contributed by atoms with Crippen LogP contribution in [0.25, 0.3) is 0 Å². The van der Waals surface area contributed by atoms with E-state index in [2.05, 4.69) is 4.98 Å². The molecule has 0 fully saturated rings. The summed E-state index contributed by atoms with van der Waals surface area (Å²) in [5, 5.41) is 20.0. The van der Waals surface area contributed by atoms with Gasteiger partial charge in [0.05, 0.1) is 17.6 Å².